The maximum absolute atomic E-state index is 7.01. The van der Waals surface area contributed by atoms with Gasteiger partial charge in [0.15, 0.2) is 23.1 Å². The Morgan fingerprint density at radius 3 is 1.57 bits per heavy atom. The van der Waals surface area contributed by atoms with Gasteiger partial charge in [0.1, 0.15) is 5.58 Å². The summed E-state index contributed by atoms with van der Waals surface area (Å²) < 4.78 is 11.7. The van der Waals surface area contributed by atoms with Crippen molar-refractivity contribution < 1.29 is 4.42 Å². The van der Waals surface area contributed by atoms with Crippen molar-refractivity contribution in [3.05, 3.63) is 212 Å². The second-order valence-electron chi connectivity index (χ2n) is 16.0. The average Bonchev–Trinajstić information content (AvgIpc) is 4.03. The van der Waals surface area contributed by atoms with Crippen molar-refractivity contribution in [2.75, 3.05) is 0 Å². The molecule has 0 unspecified atom stereocenters. The number of hydrogen-bond acceptors (Lipinski definition) is 4. The van der Waals surface area contributed by atoms with Gasteiger partial charge in [-0.05, 0) is 60.2 Å². The third kappa shape index (κ3) is 5.48. The standard InChI is InChI=1S/C57H35N5O/c1-5-17-36(18-6-1)55-58-56(37-19-7-2-8-20-37)60-57(59-55)46-28-16-30-49-51(46)45-33-32-44-47-35-38(31-34-50(47)63-54(44)53(45)62(49)40-23-11-4-12-24-40)41-26-15-27-43-42-25-13-14-29-48(42)61(52(41)43)39-21-9-3-10-22-39/h1-35H. The maximum Gasteiger partial charge on any atom is 0.164 e. The van der Waals surface area contributed by atoms with Gasteiger partial charge in [-0.25, -0.2) is 15.0 Å². The molecule has 0 aliphatic rings. The summed E-state index contributed by atoms with van der Waals surface area (Å²) in [6.07, 6.45) is 0. The fourth-order valence-corrected chi connectivity index (χ4v) is 9.60. The number of para-hydroxylation sites is 4. The number of nitrogens with zero attached hydrogens (tertiary/aromatic N) is 5. The van der Waals surface area contributed by atoms with Gasteiger partial charge in [0.2, 0.25) is 0 Å². The van der Waals surface area contributed by atoms with E-state index in [1.54, 1.807) is 0 Å². The highest BCUT2D eigenvalue weighted by Gasteiger charge is 2.24. The highest BCUT2D eigenvalue weighted by Crippen LogP contribution is 2.45. The van der Waals surface area contributed by atoms with Crippen molar-refractivity contribution >= 4 is 65.6 Å². The number of fused-ring (bicyclic) bond motifs is 10. The van der Waals surface area contributed by atoms with E-state index in [1.165, 1.54) is 21.8 Å². The lowest BCUT2D eigenvalue weighted by molar-refractivity contribution is 0.671. The first-order chi connectivity index (χ1) is 31.3. The normalized spacial score (nSPS) is 11.8. The van der Waals surface area contributed by atoms with Gasteiger partial charge in [-0.3, -0.25) is 0 Å². The van der Waals surface area contributed by atoms with Crippen LogP contribution in [0, 0.1) is 0 Å². The molecule has 63 heavy (non-hydrogen) atoms. The Balaban J connectivity index is 1.07. The summed E-state index contributed by atoms with van der Waals surface area (Å²) >= 11 is 0. The second-order valence-corrected chi connectivity index (χ2v) is 16.0. The summed E-state index contributed by atoms with van der Waals surface area (Å²) in [4.78, 5) is 15.3. The van der Waals surface area contributed by atoms with Crippen molar-refractivity contribution in [2.45, 2.75) is 0 Å². The lowest BCUT2D eigenvalue weighted by Crippen LogP contribution is -2.00. The summed E-state index contributed by atoms with van der Waals surface area (Å²) in [5.41, 5.74) is 13.3. The Morgan fingerprint density at radius 1 is 0.333 bits per heavy atom. The molecule has 6 nitrogen and oxygen atoms in total. The van der Waals surface area contributed by atoms with Gasteiger partial charge >= 0.3 is 0 Å². The van der Waals surface area contributed by atoms with Crippen LogP contribution < -0.4 is 0 Å². The van der Waals surface area contributed by atoms with Crippen LogP contribution in [0.4, 0.5) is 0 Å². The quantitative estimate of drug-likeness (QED) is 0.168. The highest BCUT2D eigenvalue weighted by molar-refractivity contribution is 6.24. The summed E-state index contributed by atoms with van der Waals surface area (Å²) in [7, 11) is 0. The Labute approximate surface area is 361 Å². The molecule has 294 valence electrons. The Bertz CT molecular complexity index is 3830. The van der Waals surface area contributed by atoms with Crippen LogP contribution in [0.15, 0.2) is 217 Å². The van der Waals surface area contributed by atoms with E-state index in [1.807, 2.05) is 60.7 Å². The third-order valence-electron chi connectivity index (χ3n) is 12.4. The summed E-state index contributed by atoms with van der Waals surface area (Å²) in [5, 5.41) is 6.66. The monoisotopic (exact) mass is 805 g/mol. The summed E-state index contributed by atoms with van der Waals surface area (Å²) in [6.45, 7) is 0. The van der Waals surface area contributed by atoms with Crippen LogP contribution in [-0.4, -0.2) is 24.1 Å². The van der Waals surface area contributed by atoms with Gasteiger partial charge in [0.25, 0.3) is 0 Å². The SMILES string of the molecule is c1ccc(-c2nc(-c3ccccc3)nc(-c3cccc4c3c3ccc5c6cc(-c7cccc8c9ccccc9n(-c9ccccc9)c78)ccc6oc5c3n4-c3ccccc3)n2)cc1. The number of hydrogen-bond donors (Lipinski definition) is 0. The summed E-state index contributed by atoms with van der Waals surface area (Å²) in [5.74, 6) is 1.86. The van der Waals surface area contributed by atoms with Crippen molar-refractivity contribution in [3.8, 4) is 56.7 Å². The molecule has 0 radical (unpaired) electrons. The molecule has 0 saturated heterocycles. The van der Waals surface area contributed by atoms with E-state index in [2.05, 4.69) is 161 Å². The van der Waals surface area contributed by atoms with Crippen LogP contribution in [0.25, 0.3) is 122 Å². The predicted molar refractivity (Wildman–Crippen MR) is 258 cm³/mol. The molecule has 0 atom stereocenters. The van der Waals surface area contributed by atoms with E-state index >= 15 is 0 Å². The molecule has 13 aromatic rings. The van der Waals surface area contributed by atoms with Crippen molar-refractivity contribution in [2.24, 2.45) is 0 Å². The molecule has 4 heterocycles. The molecule has 0 amide bonds. The van der Waals surface area contributed by atoms with Gasteiger partial charge in [-0.2, -0.15) is 0 Å². The van der Waals surface area contributed by atoms with Crippen LogP contribution in [0.1, 0.15) is 0 Å². The van der Waals surface area contributed by atoms with E-state index < -0.39 is 0 Å². The van der Waals surface area contributed by atoms with Gasteiger partial charge in [-0.1, -0.05) is 158 Å². The van der Waals surface area contributed by atoms with Crippen LogP contribution in [-0.2, 0) is 0 Å². The molecular weight excluding hydrogens is 771 g/mol. The predicted octanol–water partition coefficient (Wildman–Crippen LogP) is 14.6. The van der Waals surface area contributed by atoms with Crippen LogP contribution in [0.3, 0.4) is 0 Å². The molecule has 0 bridgehead atoms. The van der Waals surface area contributed by atoms with Gasteiger partial charge < -0.3 is 13.6 Å². The van der Waals surface area contributed by atoms with Crippen LogP contribution in [0.5, 0.6) is 0 Å². The van der Waals surface area contributed by atoms with Crippen molar-refractivity contribution in [3.63, 3.8) is 0 Å². The van der Waals surface area contributed by atoms with E-state index in [0.29, 0.717) is 17.5 Å². The molecule has 0 saturated carbocycles. The smallest absolute Gasteiger partial charge is 0.164 e. The molecule has 6 heteroatoms. The lowest BCUT2D eigenvalue weighted by Gasteiger charge is -2.11. The minimum atomic E-state index is 0.608. The molecule has 0 spiro atoms. The molecule has 0 aliphatic heterocycles. The van der Waals surface area contributed by atoms with E-state index in [4.69, 9.17) is 19.4 Å². The summed E-state index contributed by atoms with van der Waals surface area (Å²) in [6, 6.07) is 74.3. The first kappa shape index (κ1) is 35.2. The zero-order valence-corrected chi connectivity index (χ0v) is 33.9. The van der Waals surface area contributed by atoms with Crippen molar-refractivity contribution in [1.82, 2.24) is 24.1 Å². The molecule has 0 fully saturated rings. The van der Waals surface area contributed by atoms with Crippen LogP contribution in [0.2, 0.25) is 0 Å². The van der Waals surface area contributed by atoms with Crippen molar-refractivity contribution in [1.29, 1.82) is 0 Å². The lowest BCUT2D eigenvalue weighted by atomic mass is 9.99. The first-order valence-electron chi connectivity index (χ1n) is 21.2. The number of aromatic nitrogens is 5. The largest absolute Gasteiger partial charge is 0.454 e. The van der Waals surface area contributed by atoms with E-state index in [0.717, 1.165) is 82.9 Å². The Hall–Kier alpha value is -8.61. The Kier molecular flexibility index (Phi) is 7.80. The van der Waals surface area contributed by atoms with E-state index in [-0.39, 0.29) is 0 Å². The maximum atomic E-state index is 7.01. The number of rotatable bonds is 6. The highest BCUT2D eigenvalue weighted by atomic mass is 16.3. The molecular formula is C57H35N5O. The van der Waals surface area contributed by atoms with Crippen LogP contribution >= 0.6 is 0 Å². The number of furan rings is 1. The zero-order valence-electron chi connectivity index (χ0n) is 33.9. The van der Waals surface area contributed by atoms with Gasteiger partial charge in [0, 0.05) is 65.9 Å². The van der Waals surface area contributed by atoms with Gasteiger partial charge in [0.05, 0.1) is 22.1 Å². The topological polar surface area (TPSA) is 61.7 Å². The molecule has 4 aromatic heterocycles. The number of benzene rings is 9. The second kappa shape index (κ2) is 14.0. The molecule has 0 N–H and O–H groups in total. The average molecular weight is 806 g/mol. The van der Waals surface area contributed by atoms with E-state index in [9.17, 15) is 0 Å². The molecule has 0 aliphatic carbocycles. The fraction of sp³-hybridized carbons (Fsp3) is 0. The zero-order chi connectivity index (χ0) is 41.4. The third-order valence-corrected chi connectivity index (χ3v) is 12.4. The van der Waals surface area contributed by atoms with Gasteiger partial charge in [-0.15, -0.1) is 0 Å². The Morgan fingerprint density at radius 2 is 0.873 bits per heavy atom. The first-order valence-corrected chi connectivity index (χ1v) is 21.2. The molecule has 13 rings (SSSR count). The fourth-order valence-electron chi connectivity index (χ4n) is 9.60. The molecule has 9 aromatic carbocycles. The minimum Gasteiger partial charge on any atom is -0.454 e. The minimum absolute atomic E-state index is 0.608.